The van der Waals surface area contributed by atoms with E-state index in [0.29, 0.717) is 12.8 Å². The molecule has 0 spiro atoms. The third-order valence-electron chi connectivity index (χ3n) is 1.98. The standard InChI is InChI=1S/C6H12O3/c7-4-6(9)3-1-2-5(6)8/h5,7-9H,1-4H2. The van der Waals surface area contributed by atoms with Crippen molar-refractivity contribution in [1.29, 1.82) is 0 Å². The molecule has 0 saturated heterocycles. The van der Waals surface area contributed by atoms with Gasteiger partial charge in [0.2, 0.25) is 0 Å². The van der Waals surface area contributed by atoms with Crippen LogP contribution >= 0.6 is 0 Å². The Balaban J connectivity index is 2.56. The van der Waals surface area contributed by atoms with E-state index in [9.17, 15) is 5.11 Å². The lowest BCUT2D eigenvalue weighted by molar-refractivity contribution is -0.0851. The first-order chi connectivity index (χ1) is 4.19. The molecule has 0 aromatic rings. The molecule has 2 atom stereocenters. The molecule has 1 aliphatic carbocycles. The van der Waals surface area contributed by atoms with Crippen LogP contribution in [0.15, 0.2) is 0 Å². The average Bonchev–Trinajstić information content (AvgIpc) is 2.15. The molecule has 0 bridgehead atoms. The molecule has 0 aromatic carbocycles. The second-order valence-electron chi connectivity index (χ2n) is 2.67. The highest BCUT2D eigenvalue weighted by molar-refractivity contribution is 4.91. The van der Waals surface area contributed by atoms with Crippen LogP contribution in [-0.2, 0) is 0 Å². The minimum absolute atomic E-state index is 0.325. The molecule has 3 N–H and O–H groups in total. The van der Waals surface area contributed by atoms with Gasteiger partial charge >= 0.3 is 0 Å². The number of aliphatic hydroxyl groups is 3. The van der Waals surface area contributed by atoms with Gasteiger partial charge in [0.05, 0.1) is 12.7 Å². The van der Waals surface area contributed by atoms with Crippen molar-refractivity contribution in [3.63, 3.8) is 0 Å². The highest BCUT2D eigenvalue weighted by Crippen LogP contribution is 2.28. The summed E-state index contributed by atoms with van der Waals surface area (Å²) in [7, 11) is 0. The van der Waals surface area contributed by atoms with Gasteiger partial charge in [-0.25, -0.2) is 0 Å². The third kappa shape index (κ3) is 1.08. The summed E-state index contributed by atoms with van der Waals surface area (Å²) < 4.78 is 0. The van der Waals surface area contributed by atoms with Crippen LogP contribution in [0.1, 0.15) is 19.3 Å². The molecule has 1 saturated carbocycles. The molecule has 54 valence electrons. The van der Waals surface area contributed by atoms with Crippen LogP contribution < -0.4 is 0 Å². The Bertz CT molecular complexity index is 104. The van der Waals surface area contributed by atoms with E-state index < -0.39 is 11.7 Å². The van der Waals surface area contributed by atoms with Gasteiger partial charge in [0.1, 0.15) is 5.60 Å². The summed E-state index contributed by atoms with van der Waals surface area (Å²) in [5.41, 5.74) is -1.19. The summed E-state index contributed by atoms with van der Waals surface area (Å²) in [5, 5.41) is 26.9. The molecule has 0 amide bonds. The summed E-state index contributed by atoms with van der Waals surface area (Å²) in [6.07, 6.45) is 1.21. The quantitative estimate of drug-likeness (QED) is 0.440. The molecule has 3 nitrogen and oxygen atoms in total. The minimum Gasteiger partial charge on any atom is -0.393 e. The van der Waals surface area contributed by atoms with Crippen LogP contribution in [0.4, 0.5) is 0 Å². The molecule has 3 heteroatoms. The zero-order valence-electron chi connectivity index (χ0n) is 5.25. The van der Waals surface area contributed by atoms with Gasteiger partial charge in [-0.3, -0.25) is 0 Å². The highest BCUT2D eigenvalue weighted by Gasteiger charge is 2.39. The van der Waals surface area contributed by atoms with Crippen LogP contribution in [0, 0.1) is 0 Å². The molecule has 1 aliphatic rings. The summed E-state index contributed by atoms with van der Waals surface area (Å²) in [6, 6.07) is 0. The SMILES string of the molecule is OCC1(O)CCCC1O. The number of rotatable bonds is 1. The summed E-state index contributed by atoms with van der Waals surface area (Å²) in [6.45, 7) is -0.325. The van der Waals surface area contributed by atoms with Crippen LogP contribution in [-0.4, -0.2) is 33.6 Å². The summed E-state index contributed by atoms with van der Waals surface area (Å²) in [4.78, 5) is 0. The van der Waals surface area contributed by atoms with Crippen molar-refractivity contribution < 1.29 is 15.3 Å². The Morgan fingerprint density at radius 1 is 1.56 bits per heavy atom. The molecule has 0 aliphatic heterocycles. The Hall–Kier alpha value is -0.120. The molecule has 1 rings (SSSR count). The van der Waals surface area contributed by atoms with Gasteiger partial charge in [-0.2, -0.15) is 0 Å². The van der Waals surface area contributed by atoms with Crippen LogP contribution in [0.3, 0.4) is 0 Å². The number of hydrogen-bond donors (Lipinski definition) is 3. The van der Waals surface area contributed by atoms with E-state index in [1.807, 2.05) is 0 Å². The van der Waals surface area contributed by atoms with Gasteiger partial charge < -0.3 is 15.3 Å². The van der Waals surface area contributed by atoms with Crippen LogP contribution in [0.5, 0.6) is 0 Å². The van der Waals surface area contributed by atoms with Gasteiger partial charge in [-0.1, -0.05) is 0 Å². The second-order valence-corrected chi connectivity index (χ2v) is 2.67. The Morgan fingerprint density at radius 3 is 2.44 bits per heavy atom. The van der Waals surface area contributed by atoms with Gasteiger partial charge in [0.25, 0.3) is 0 Å². The maximum atomic E-state index is 9.27. The predicted octanol–water partition coefficient (Wildman–Crippen LogP) is -0.745. The van der Waals surface area contributed by atoms with Gasteiger partial charge in [0, 0.05) is 0 Å². The lowest BCUT2D eigenvalue weighted by Gasteiger charge is -2.22. The smallest absolute Gasteiger partial charge is 0.113 e. The van der Waals surface area contributed by atoms with Crippen molar-refractivity contribution in [2.45, 2.75) is 31.0 Å². The molecule has 1 fully saturated rings. The van der Waals surface area contributed by atoms with E-state index in [1.165, 1.54) is 0 Å². The first kappa shape index (κ1) is 6.99. The lowest BCUT2D eigenvalue weighted by Crippen LogP contribution is -2.40. The van der Waals surface area contributed by atoms with Crippen molar-refractivity contribution in [2.24, 2.45) is 0 Å². The Kier molecular flexibility index (Phi) is 1.75. The zero-order chi connectivity index (χ0) is 6.91. The van der Waals surface area contributed by atoms with E-state index in [2.05, 4.69) is 0 Å². The maximum absolute atomic E-state index is 9.27. The first-order valence-corrected chi connectivity index (χ1v) is 3.20. The lowest BCUT2D eigenvalue weighted by atomic mass is 10.0. The summed E-state index contributed by atoms with van der Waals surface area (Å²) in [5.74, 6) is 0. The third-order valence-corrected chi connectivity index (χ3v) is 1.98. The number of hydrogen-bond acceptors (Lipinski definition) is 3. The summed E-state index contributed by atoms with van der Waals surface area (Å²) >= 11 is 0. The van der Waals surface area contributed by atoms with Crippen LogP contribution in [0.25, 0.3) is 0 Å². The fraction of sp³-hybridized carbons (Fsp3) is 1.00. The van der Waals surface area contributed by atoms with Crippen molar-refractivity contribution in [3.8, 4) is 0 Å². The van der Waals surface area contributed by atoms with Gasteiger partial charge in [-0.05, 0) is 19.3 Å². The molecule has 0 heterocycles. The van der Waals surface area contributed by atoms with Gasteiger partial charge in [-0.15, -0.1) is 0 Å². The Labute approximate surface area is 53.9 Å². The minimum atomic E-state index is -1.19. The van der Waals surface area contributed by atoms with Crippen molar-refractivity contribution >= 4 is 0 Å². The highest BCUT2D eigenvalue weighted by atomic mass is 16.4. The van der Waals surface area contributed by atoms with Crippen LogP contribution in [0.2, 0.25) is 0 Å². The largest absolute Gasteiger partial charge is 0.393 e. The molecule has 0 aromatic heterocycles. The fourth-order valence-corrected chi connectivity index (χ4v) is 1.22. The average molecular weight is 132 g/mol. The predicted molar refractivity (Wildman–Crippen MR) is 31.9 cm³/mol. The Morgan fingerprint density at radius 2 is 2.22 bits per heavy atom. The zero-order valence-corrected chi connectivity index (χ0v) is 5.25. The molecular weight excluding hydrogens is 120 g/mol. The monoisotopic (exact) mass is 132 g/mol. The van der Waals surface area contributed by atoms with E-state index in [-0.39, 0.29) is 6.61 Å². The van der Waals surface area contributed by atoms with E-state index >= 15 is 0 Å². The first-order valence-electron chi connectivity index (χ1n) is 3.20. The van der Waals surface area contributed by atoms with E-state index in [1.54, 1.807) is 0 Å². The van der Waals surface area contributed by atoms with Gasteiger partial charge in [0.15, 0.2) is 0 Å². The van der Waals surface area contributed by atoms with E-state index in [0.717, 1.165) is 6.42 Å². The van der Waals surface area contributed by atoms with E-state index in [4.69, 9.17) is 10.2 Å². The number of aliphatic hydroxyl groups excluding tert-OH is 2. The molecule has 0 radical (unpaired) electrons. The molecule has 2 unspecified atom stereocenters. The van der Waals surface area contributed by atoms with Crippen molar-refractivity contribution in [2.75, 3.05) is 6.61 Å². The normalized spacial score (nSPS) is 43.7. The fourth-order valence-electron chi connectivity index (χ4n) is 1.22. The molecule has 9 heavy (non-hydrogen) atoms. The second kappa shape index (κ2) is 2.25. The topological polar surface area (TPSA) is 60.7 Å². The van der Waals surface area contributed by atoms with Crippen molar-refractivity contribution in [1.82, 2.24) is 0 Å². The maximum Gasteiger partial charge on any atom is 0.113 e. The molecular formula is C6H12O3. The van der Waals surface area contributed by atoms with Crippen molar-refractivity contribution in [3.05, 3.63) is 0 Å².